The summed E-state index contributed by atoms with van der Waals surface area (Å²) in [4.78, 5) is 24.5. The zero-order chi connectivity index (χ0) is 24.0. The summed E-state index contributed by atoms with van der Waals surface area (Å²) in [5.74, 6) is 0.249. The standard InChI is InChI=1S/C26H33N7O/c1-26(2)13-18-14-29-25(28)30-22(18)24-21(26)23(31-32(24)3)20(34)12-16-4-6-17(7-5-16)15-33-10-8-19(27)9-11-33/h4-7,14,19H,8-13,15,27H2,1-3H3,(H2,28,29,30). The van der Waals surface area contributed by atoms with E-state index in [-0.39, 0.29) is 17.1 Å². The first-order valence-corrected chi connectivity index (χ1v) is 12.0. The second-order valence-electron chi connectivity index (χ2n) is 10.4. The Balaban J connectivity index is 1.37. The minimum Gasteiger partial charge on any atom is -0.368 e. The molecule has 2 aliphatic rings. The van der Waals surface area contributed by atoms with E-state index in [1.165, 1.54) is 5.56 Å². The van der Waals surface area contributed by atoms with Gasteiger partial charge in [-0.3, -0.25) is 14.4 Å². The fourth-order valence-electron chi connectivity index (χ4n) is 5.35. The quantitative estimate of drug-likeness (QED) is 0.564. The van der Waals surface area contributed by atoms with E-state index in [0.29, 0.717) is 18.2 Å². The number of hydrogen-bond donors (Lipinski definition) is 2. The molecule has 178 valence electrons. The van der Waals surface area contributed by atoms with E-state index in [0.717, 1.165) is 67.0 Å². The molecule has 3 aromatic rings. The number of Topliss-reactive ketones (excluding diaryl/α,β-unsaturated/α-hetero) is 1. The maximum Gasteiger partial charge on any atom is 0.220 e. The first-order valence-electron chi connectivity index (χ1n) is 12.0. The van der Waals surface area contributed by atoms with Gasteiger partial charge in [0.05, 0.1) is 11.4 Å². The van der Waals surface area contributed by atoms with E-state index in [9.17, 15) is 4.79 Å². The SMILES string of the molecule is Cn1nc(C(=O)Cc2ccc(CN3CCC(N)CC3)cc2)c2c1-c1nc(N)ncc1CC2(C)C. The molecule has 1 aromatic carbocycles. The third-order valence-electron chi connectivity index (χ3n) is 7.15. The maximum atomic E-state index is 13.4. The lowest BCUT2D eigenvalue weighted by Crippen LogP contribution is -2.39. The lowest BCUT2D eigenvalue weighted by Gasteiger charge is -2.31. The average molecular weight is 460 g/mol. The topological polar surface area (TPSA) is 116 Å². The van der Waals surface area contributed by atoms with E-state index < -0.39 is 0 Å². The Morgan fingerprint density at radius 1 is 1.15 bits per heavy atom. The Labute approximate surface area is 200 Å². The van der Waals surface area contributed by atoms with Crippen molar-refractivity contribution in [2.75, 3.05) is 18.8 Å². The largest absolute Gasteiger partial charge is 0.368 e. The van der Waals surface area contributed by atoms with Crippen molar-refractivity contribution in [3.05, 3.63) is 58.4 Å². The molecule has 8 heteroatoms. The summed E-state index contributed by atoms with van der Waals surface area (Å²) in [6.45, 7) is 7.30. The Hall–Kier alpha value is -3.10. The van der Waals surface area contributed by atoms with Gasteiger partial charge in [0.25, 0.3) is 0 Å². The number of aryl methyl sites for hydroxylation is 1. The number of anilines is 1. The van der Waals surface area contributed by atoms with Gasteiger partial charge in [0.2, 0.25) is 5.95 Å². The van der Waals surface area contributed by atoms with Gasteiger partial charge < -0.3 is 11.5 Å². The third-order valence-corrected chi connectivity index (χ3v) is 7.15. The normalized spacial score (nSPS) is 17.9. The van der Waals surface area contributed by atoms with Gasteiger partial charge >= 0.3 is 0 Å². The fraction of sp³-hybridized carbons (Fsp3) is 0.462. The summed E-state index contributed by atoms with van der Waals surface area (Å²) in [6, 6.07) is 8.72. The zero-order valence-corrected chi connectivity index (χ0v) is 20.2. The van der Waals surface area contributed by atoms with Crippen molar-refractivity contribution >= 4 is 11.7 Å². The van der Waals surface area contributed by atoms with E-state index >= 15 is 0 Å². The number of nitrogens with two attached hydrogens (primary N) is 2. The van der Waals surface area contributed by atoms with Gasteiger partial charge in [0.15, 0.2) is 5.78 Å². The van der Waals surface area contributed by atoms with E-state index in [2.05, 4.69) is 58.1 Å². The number of nitrogen functional groups attached to an aromatic ring is 1. The monoisotopic (exact) mass is 459 g/mol. The predicted molar refractivity (Wildman–Crippen MR) is 132 cm³/mol. The van der Waals surface area contributed by atoms with Gasteiger partial charge in [0.1, 0.15) is 5.69 Å². The van der Waals surface area contributed by atoms with Gasteiger partial charge in [-0.05, 0) is 54.5 Å². The molecule has 5 rings (SSSR count). The number of hydrogen-bond acceptors (Lipinski definition) is 7. The predicted octanol–water partition coefficient (Wildman–Crippen LogP) is 2.64. The number of carbonyl (C=O) groups excluding carboxylic acids is 1. The number of carbonyl (C=O) groups is 1. The average Bonchev–Trinajstić information content (AvgIpc) is 3.16. The number of aromatic nitrogens is 4. The molecule has 34 heavy (non-hydrogen) atoms. The Morgan fingerprint density at radius 2 is 1.82 bits per heavy atom. The molecule has 1 saturated heterocycles. The molecule has 0 amide bonds. The van der Waals surface area contributed by atoms with Crippen LogP contribution in [0.15, 0.2) is 30.5 Å². The minimum atomic E-state index is -0.262. The molecule has 3 heterocycles. The van der Waals surface area contributed by atoms with Crippen LogP contribution in [0.3, 0.4) is 0 Å². The van der Waals surface area contributed by atoms with Crippen molar-refractivity contribution < 1.29 is 4.79 Å². The molecule has 0 saturated carbocycles. The van der Waals surface area contributed by atoms with Gasteiger partial charge in [-0.15, -0.1) is 0 Å². The van der Waals surface area contributed by atoms with Gasteiger partial charge in [-0.2, -0.15) is 5.10 Å². The molecule has 0 unspecified atom stereocenters. The number of nitrogens with zero attached hydrogens (tertiary/aromatic N) is 5. The Kier molecular flexibility index (Phi) is 5.73. The van der Waals surface area contributed by atoms with Crippen LogP contribution in [0.4, 0.5) is 5.95 Å². The van der Waals surface area contributed by atoms with E-state index in [4.69, 9.17) is 11.5 Å². The molecule has 2 aromatic heterocycles. The van der Waals surface area contributed by atoms with Crippen molar-refractivity contribution in [3.63, 3.8) is 0 Å². The molecule has 1 fully saturated rings. The Morgan fingerprint density at radius 3 is 2.53 bits per heavy atom. The zero-order valence-electron chi connectivity index (χ0n) is 20.2. The Bertz CT molecular complexity index is 1220. The minimum absolute atomic E-state index is 0.0215. The number of piperidine rings is 1. The lowest BCUT2D eigenvalue weighted by molar-refractivity contribution is 0.0985. The first kappa shape index (κ1) is 22.7. The molecule has 0 spiro atoms. The van der Waals surface area contributed by atoms with Crippen LogP contribution < -0.4 is 11.5 Å². The van der Waals surface area contributed by atoms with Crippen LogP contribution in [0, 0.1) is 0 Å². The van der Waals surface area contributed by atoms with Crippen molar-refractivity contribution in [1.82, 2.24) is 24.6 Å². The molecule has 1 aliphatic heterocycles. The van der Waals surface area contributed by atoms with E-state index in [1.807, 2.05) is 7.05 Å². The van der Waals surface area contributed by atoms with Crippen LogP contribution in [0.25, 0.3) is 11.4 Å². The molecular formula is C26H33N7O. The summed E-state index contributed by atoms with van der Waals surface area (Å²) in [6.07, 6.45) is 4.95. The summed E-state index contributed by atoms with van der Waals surface area (Å²) in [5.41, 5.74) is 18.0. The summed E-state index contributed by atoms with van der Waals surface area (Å²) in [7, 11) is 1.86. The van der Waals surface area contributed by atoms with Crippen LogP contribution in [0.2, 0.25) is 0 Å². The molecule has 0 bridgehead atoms. The highest BCUT2D eigenvalue weighted by Gasteiger charge is 2.39. The van der Waals surface area contributed by atoms with Gasteiger partial charge in [-0.1, -0.05) is 38.1 Å². The van der Waals surface area contributed by atoms with Crippen LogP contribution in [0.1, 0.15) is 59.4 Å². The first-order chi connectivity index (χ1) is 16.2. The summed E-state index contributed by atoms with van der Waals surface area (Å²) >= 11 is 0. The van der Waals surface area contributed by atoms with Crippen molar-refractivity contribution in [2.45, 2.75) is 57.5 Å². The summed E-state index contributed by atoms with van der Waals surface area (Å²) < 4.78 is 1.77. The second kappa shape index (κ2) is 8.60. The fourth-order valence-corrected chi connectivity index (χ4v) is 5.35. The lowest BCUT2D eigenvalue weighted by atomic mass is 9.72. The van der Waals surface area contributed by atoms with Gasteiger partial charge in [0, 0.05) is 37.8 Å². The van der Waals surface area contributed by atoms with Crippen molar-refractivity contribution in [3.8, 4) is 11.4 Å². The maximum absolute atomic E-state index is 13.4. The number of fused-ring (bicyclic) bond motifs is 3. The van der Waals surface area contributed by atoms with Crippen LogP contribution >= 0.6 is 0 Å². The highest BCUT2D eigenvalue weighted by molar-refractivity contribution is 5.99. The number of ketones is 1. The molecule has 8 nitrogen and oxygen atoms in total. The van der Waals surface area contributed by atoms with E-state index in [1.54, 1.807) is 10.9 Å². The number of benzene rings is 1. The van der Waals surface area contributed by atoms with Crippen LogP contribution in [-0.4, -0.2) is 49.6 Å². The number of rotatable bonds is 5. The highest BCUT2D eigenvalue weighted by Crippen LogP contribution is 2.43. The van der Waals surface area contributed by atoms with Crippen molar-refractivity contribution in [1.29, 1.82) is 0 Å². The molecule has 0 radical (unpaired) electrons. The molecular weight excluding hydrogens is 426 g/mol. The highest BCUT2D eigenvalue weighted by atomic mass is 16.1. The second-order valence-corrected chi connectivity index (χ2v) is 10.4. The molecule has 4 N–H and O–H groups in total. The van der Waals surface area contributed by atoms with Crippen LogP contribution in [0.5, 0.6) is 0 Å². The molecule has 1 aliphatic carbocycles. The molecule has 0 atom stereocenters. The van der Waals surface area contributed by atoms with Gasteiger partial charge in [-0.25, -0.2) is 9.97 Å². The summed E-state index contributed by atoms with van der Waals surface area (Å²) in [5, 5.41) is 4.66. The number of likely N-dealkylation sites (tertiary alicyclic amines) is 1. The smallest absolute Gasteiger partial charge is 0.220 e. The van der Waals surface area contributed by atoms with Crippen molar-refractivity contribution in [2.24, 2.45) is 12.8 Å². The third kappa shape index (κ3) is 4.23. The van der Waals surface area contributed by atoms with Crippen LogP contribution in [-0.2, 0) is 31.8 Å².